The van der Waals surface area contributed by atoms with Gasteiger partial charge in [-0.25, -0.2) is 0 Å². The second-order valence-electron chi connectivity index (χ2n) is 3.20. The summed E-state index contributed by atoms with van der Waals surface area (Å²) in [5.41, 5.74) is 0. The number of ether oxygens (including phenoxy) is 3. The van der Waals surface area contributed by atoms with Gasteiger partial charge >= 0.3 is 0 Å². The molecule has 0 amide bonds. The lowest BCUT2D eigenvalue weighted by molar-refractivity contribution is -0.291. The zero-order valence-corrected chi connectivity index (χ0v) is 8.16. The van der Waals surface area contributed by atoms with Gasteiger partial charge in [0.05, 0.1) is 6.61 Å². The van der Waals surface area contributed by atoms with E-state index in [9.17, 15) is 15.3 Å². The van der Waals surface area contributed by atoms with Crippen LogP contribution in [0.5, 0.6) is 0 Å². The van der Waals surface area contributed by atoms with E-state index in [0.717, 1.165) is 0 Å². The first-order valence-electron chi connectivity index (χ1n) is 4.33. The largest absolute Gasteiger partial charge is 0.387 e. The van der Waals surface area contributed by atoms with Gasteiger partial charge in [0, 0.05) is 14.2 Å². The predicted octanol–water partition coefficient (Wildman–Crippen LogP) is -1.91. The van der Waals surface area contributed by atoms with Gasteiger partial charge in [0.15, 0.2) is 6.29 Å². The van der Waals surface area contributed by atoms with Crippen molar-refractivity contribution in [1.29, 1.82) is 0 Å². The minimum atomic E-state index is -1.36. The zero-order valence-electron chi connectivity index (χ0n) is 8.16. The standard InChI is InChI=1S/C8H16O6/c1-12-3-4-5(9)7(13-2)6(10)8(11)14-4/h4-11H,3H2,1-2H3/t4-,5-,6+,7?,8+/m1/s1. The second-order valence-corrected chi connectivity index (χ2v) is 3.20. The molecule has 1 unspecified atom stereocenters. The first-order chi connectivity index (χ1) is 6.61. The molecule has 14 heavy (non-hydrogen) atoms. The lowest BCUT2D eigenvalue weighted by atomic mass is 9.99. The monoisotopic (exact) mass is 208 g/mol. The summed E-state index contributed by atoms with van der Waals surface area (Å²) in [4.78, 5) is 0. The fourth-order valence-corrected chi connectivity index (χ4v) is 1.50. The molecule has 5 atom stereocenters. The van der Waals surface area contributed by atoms with Crippen LogP contribution >= 0.6 is 0 Å². The molecule has 1 aliphatic heterocycles. The van der Waals surface area contributed by atoms with Crippen LogP contribution in [0.25, 0.3) is 0 Å². The third-order valence-corrected chi connectivity index (χ3v) is 2.26. The van der Waals surface area contributed by atoms with Crippen molar-refractivity contribution in [1.82, 2.24) is 0 Å². The van der Waals surface area contributed by atoms with Crippen molar-refractivity contribution in [3.8, 4) is 0 Å². The third-order valence-electron chi connectivity index (χ3n) is 2.26. The first kappa shape index (κ1) is 11.8. The molecule has 1 rings (SSSR count). The molecule has 1 fully saturated rings. The molecular formula is C8H16O6. The van der Waals surface area contributed by atoms with Crippen LogP contribution in [0.2, 0.25) is 0 Å². The molecule has 0 aromatic rings. The van der Waals surface area contributed by atoms with Crippen molar-refractivity contribution in [2.75, 3.05) is 20.8 Å². The van der Waals surface area contributed by atoms with Gasteiger partial charge in [0.1, 0.15) is 24.4 Å². The fourth-order valence-electron chi connectivity index (χ4n) is 1.50. The molecule has 1 heterocycles. The Hall–Kier alpha value is -0.240. The van der Waals surface area contributed by atoms with E-state index in [2.05, 4.69) is 0 Å². The molecule has 1 aliphatic rings. The number of hydrogen-bond donors (Lipinski definition) is 3. The first-order valence-corrected chi connectivity index (χ1v) is 4.33. The Balaban J connectivity index is 2.65. The lowest BCUT2D eigenvalue weighted by Crippen LogP contribution is -2.59. The van der Waals surface area contributed by atoms with Crippen LogP contribution < -0.4 is 0 Å². The maximum absolute atomic E-state index is 9.65. The second kappa shape index (κ2) is 5.01. The van der Waals surface area contributed by atoms with Crippen molar-refractivity contribution in [3.05, 3.63) is 0 Å². The Kier molecular flexibility index (Phi) is 4.24. The minimum absolute atomic E-state index is 0.130. The predicted molar refractivity (Wildman–Crippen MR) is 45.6 cm³/mol. The van der Waals surface area contributed by atoms with E-state index in [1.54, 1.807) is 0 Å². The van der Waals surface area contributed by atoms with E-state index in [-0.39, 0.29) is 6.61 Å². The third kappa shape index (κ3) is 2.22. The number of rotatable bonds is 3. The lowest BCUT2D eigenvalue weighted by Gasteiger charge is -2.39. The molecule has 6 nitrogen and oxygen atoms in total. The van der Waals surface area contributed by atoms with E-state index in [1.165, 1.54) is 14.2 Å². The Morgan fingerprint density at radius 3 is 2.29 bits per heavy atom. The van der Waals surface area contributed by atoms with Gasteiger partial charge in [-0.05, 0) is 0 Å². The number of methoxy groups -OCH3 is 2. The molecule has 1 saturated heterocycles. The van der Waals surface area contributed by atoms with Crippen LogP contribution in [0, 0.1) is 0 Å². The van der Waals surface area contributed by atoms with Crippen LogP contribution in [-0.2, 0) is 14.2 Å². The highest BCUT2D eigenvalue weighted by atomic mass is 16.7. The molecule has 3 N–H and O–H groups in total. The van der Waals surface area contributed by atoms with Crippen LogP contribution in [0.15, 0.2) is 0 Å². The Morgan fingerprint density at radius 2 is 1.79 bits per heavy atom. The minimum Gasteiger partial charge on any atom is -0.387 e. The van der Waals surface area contributed by atoms with E-state index < -0.39 is 30.7 Å². The summed E-state index contributed by atoms with van der Waals surface area (Å²) in [5, 5.41) is 28.3. The van der Waals surface area contributed by atoms with Gasteiger partial charge in [-0.15, -0.1) is 0 Å². The smallest absolute Gasteiger partial charge is 0.184 e. The average Bonchev–Trinajstić information content (AvgIpc) is 2.16. The van der Waals surface area contributed by atoms with Crippen molar-refractivity contribution in [2.45, 2.75) is 30.7 Å². The molecule has 0 spiro atoms. The number of aliphatic hydroxyl groups is 3. The van der Waals surface area contributed by atoms with Crippen LogP contribution in [0.4, 0.5) is 0 Å². The molecular weight excluding hydrogens is 192 g/mol. The molecule has 0 saturated carbocycles. The SMILES string of the molecule is COC[C@H]1O[C@H](O)[C@@H](O)C(OC)[C@@H]1O. The molecule has 0 radical (unpaired) electrons. The van der Waals surface area contributed by atoms with Crippen molar-refractivity contribution < 1.29 is 29.5 Å². The van der Waals surface area contributed by atoms with Crippen molar-refractivity contribution >= 4 is 0 Å². The molecule has 0 bridgehead atoms. The molecule has 0 aromatic heterocycles. The van der Waals surface area contributed by atoms with E-state index in [4.69, 9.17) is 14.2 Å². The maximum atomic E-state index is 9.65. The number of hydrogen-bond acceptors (Lipinski definition) is 6. The summed E-state index contributed by atoms with van der Waals surface area (Å²) in [6.07, 6.45) is -5.17. The summed E-state index contributed by atoms with van der Waals surface area (Å²) in [5.74, 6) is 0. The Morgan fingerprint density at radius 1 is 1.14 bits per heavy atom. The summed E-state index contributed by atoms with van der Waals surface area (Å²) in [6, 6.07) is 0. The maximum Gasteiger partial charge on any atom is 0.184 e. The van der Waals surface area contributed by atoms with Crippen LogP contribution in [-0.4, -0.2) is 66.9 Å². The normalized spacial score (nSPS) is 43.9. The van der Waals surface area contributed by atoms with Gasteiger partial charge in [-0.1, -0.05) is 0 Å². The fraction of sp³-hybridized carbons (Fsp3) is 1.00. The highest BCUT2D eigenvalue weighted by Crippen LogP contribution is 2.21. The molecule has 6 heteroatoms. The van der Waals surface area contributed by atoms with E-state index >= 15 is 0 Å². The molecule has 0 aromatic carbocycles. The van der Waals surface area contributed by atoms with Gasteiger partial charge in [-0.3, -0.25) is 0 Å². The van der Waals surface area contributed by atoms with Crippen LogP contribution in [0.3, 0.4) is 0 Å². The van der Waals surface area contributed by atoms with E-state index in [1.807, 2.05) is 0 Å². The summed E-state index contributed by atoms with van der Waals surface area (Å²) < 4.78 is 14.6. The van der Waals surface area contributed by atoms with Crippen molar-refractivity contribution in [3.63, 3.8) is 0 Å². The van der Waals surface area contributed by atoms with Gasteiger partial charge in [-0.2, -0.15) is 0 Å². The highest BCUT2D eigenvalue weighted by molar-refractivity contribution is 4.89. The zero-order chi connectivity index (χ0) is 10.7. The van der Waals surface area contributed by atoms with E-state index in [0.29, 0.717) is 0 Å². The highest BCUT2D eigenvalue weighted by Gasteiger charge is 2.44. The summed E-state index contributed by atoms with van der Waals surface area (Å²) >= 11 is 0. The van der Waals surface area contributed by atoms with Crippen molar-refractivity contribution in [2.24, 2.45) is 0 Å². The molecule has 0 aliphatic carbocycles. The quantitative estimate of drug-likeness (QED) is 0.501. The van der Waals surface area contributed by atoms with Gasteiger partial charge in [0.25, 0.3) is 0 Å². The average molecular weight is 208 g/mol. The number of aliphatic hydroxyl groups excluding tert-OH is 3. The Labute approximate surface area is 82.0 Å². The van der Waals surface area contributed by atoms with Gasteiger partial charge < -0.3 is 29.5 Å². The topological polar surface area (TPSA) is 88.4 Å². The van der Waals surface area contributed by atoms with Gasteiger partial charge in [0.2, 0.25) is 0 Å². The van der Waals surface area contributed by atoms with Crippen LogP contribution in [0.1, 0.15) is 0 Å². The summed E-state index contributed by atoms with van der Waals surface area (Å²) in [7, 11) is 2.80. The summed E-state index contributed by atoms with van der Waals surface area (Å²) in [6.45, 7) is 0.130. The molecule has 84 valence electrons. The Bertz CT molecular complexity index is 175.